The van der Waals surface area contributed by atoms with Gasteiger partial charge in [0.15, 0.2) is 0 Å². The summed E-state index contributed by atoms with van der Waals surface area (Å²) >= 11 is 0. The fourth-order valence-corrected chi connectivity index (χ4v) is 2.17. The van der Waals surface area contributed by atoms with Gasteiger partial charge in [-0.2, -0.15) is 0 Å². The van der Waals surface area contributed by atoms with E-state index in [2.05, 4.69) is 4.98 Å². The Labute approximate surface area is 125 Å². The van der Waals surface area contributed by atoms with E-state index < -0.39 is 0 Å². The molecule has 4 heteroatoms. The van der Waals surface area contributed by atoms with Crippen LogP contribution in [0.1, 0.15) is 16.8 Å². The second-order valence-corrected chi connectivity index (χ2v) is 4.97. The standard InChI is InChI=1S/C17H20N2O2/c1-14-6-5-9-18-16(14)12-17(21)19(10-11-20)13-15-7-3-2-4-8-15/h2-9,20H,10-13H2,1H3. The van der Waals surface area contributed by atoms with Crippen LogP contribution in [-0.4, -0.2) is 34.0 Å². The highest BCUT2D eigenvalue weighted by atomic mass is 16.3. The lowest BCUT2D eigenvalue weighted by Gasteiger charge is -2.22. The van der Waals surface area contributed by atoms with Gasteiger partial charge in [-0.25, -0.2) is 0 Å². The Morgan fingerprint density at radius 1 is 1.19 bits per heavy atom. The van der Waals surface area contributed by atoms with Gasteiger partial charge in [0.05, 0.1) is 18.7 Å². The number of pyridine rings is 1. The molecule has 4 nitrogen and oxygen atoms in total. The number of aromatic nitrogens is 1. The van der Waals surface area contributed by atoms with Crippen molar-refractivity contribution in [2.24, 2.45) is 0 Å². The summed E-state index contributed by atoms with van der Waals surface area (Å²) in [5.74, 6) is -0.0188. The second kappa shape index (κ2) is 7.55. The normalized spacial score (nSPS) is 10.4. The number of aliphatic hydroxyl groups excluding tert-OH is 1. The lowest BCUT2D eigenvalue weighted by Crippen LogP contribution is -2.34. The molecule has 0 atom stereocenters. The Bertz CT molecular complexity index is 584. The average molecular weight is 284 g/mol. The van der Waals surface area contributed by atoms with Gasteiger partial charge < -0.3 is 10.0 Å². The van der Waals surface area contributed by atoms with Crippen molar-refractivity contribution in [2.75, 3.05) is 13.2 Å². The first-order valence-corrected chi connectivity index (χ1v) is 7.03. The molecule has 1 N–H and O–H groups in total. The highest BCUT2D eigenvalue weighted by molar-refractivity contribution is 5.78. The third-order valence-electron chi connectivity index (χ3n) is 3.38. The number of nitrogens with zero attached hydrogens (tertiary/aromatic N) is 2. The van der Waals surface area contributed by atoms with Gasteiger partial charge in [-0.15, -0.1) is 0 Å². The summed E-state index contributed by atoms with van der Waals surface area (Å²) in [5.41, 5.74) is 2.85. The molecule has 0 aliphatic rings. The van der Waals surface area contributed by atoms with Crippen LogP contribution in [0.4, 0.5) is 0 Å². The van der Waals surface area contributed by atoms with Crippen LogP contribution >= 0.6 is 0 Å². The molecular weight excluding hydrogens is 264 g/mol. The van der Waals surface area contributed by atoms with Crippen LogP contribution < -0.4 is 0 Å². The predicted molar refractivity (Wildman–Crippen MR) is 81.6 cm³/mol. The first kappa shape index (κ1) is 15.2. The second-order valence-electron chi connectivity index (χ2n) is 4.97. The molecule has 0 saturated carbocycles. The number of rotatable bonds is 6. The van der Waals surface area contributed by atoms with Crippen molar-refractivity contribution in [1.82, 2.24) is 9.88 Å². The molecule has 2 rings (SSSR count). The molecule has 0 fully saturated rings. The Balaban J connectivity index is 2.07. The fraction of sp³-hybridized carbons (Fsp3) is 0.294. The highest BCUT2D eigenvalue weighted by Gasteiger charge is 2.15. The third-order valence-corrected chi connectivity index (χ3v) is 3.38. The number of amides is 1. The summed E-state index contributed by atoms with van der Waals surface area (Å²) in [6, 6.07) is 13.6. The van der Waals surface area contributed by atoms with E-state index in [-0.39, 0.29) is 18.9 Å². The maximum Gasteiger partial charge on any atom is 0.228 e. The molecule has 1 amide bonds. The maximum absolute atomic E-state index is 12.4. The van der Waals surface area contributed by atoms with Gasteiger partial charge in [0.2, 0.25) is 5.91 Å². The largest absolute Gasteiger partial charge is 0.395 e. The summed E-state index contributed by atoms with van der Waals surface area (Å²) in [4.78, 5) is 18.4. The van der Waals surface area contributed by atoms with E-state index in [9.17, 15) is 9.90 Å². The van der Waals surface area contributed by atoms with E-state index >= 15 is 0 Å². The summed E-state index contributed by atoms with van der Waals surface area (Å²) < 4.78 is 0. The van der Waals surface area contributed by atoms with Crippen molar-refractivity contribution >= 4 is 5.91 Å². The van der Waals surface area contributed by atoms with Crippen LogP contribution in [0.25, 0.3) is 0 Å². The Hall–Kier alpha value is -2.20. The van der Waals surface area contributed by atoms with E-state index in [1.165, 1.54) is 0 Å². The number of aryl methyl sites for hydroxylation is 1. The van der Waals surface area contributed by atoms with Crippen LogP contribution in [0.15, 0.2) is 48.7 Å². The Morgan fingerprint density at radius 2 is 1.95 bits per heavy atom. The van der Waals surface area contributed by atoms with Gasteiger partial charge >= 0.3 is 0 Å². The van der Waals surface area contributed by atoms with Crippen molar-refractivity contribution in [2.45, 2.75) is 19.9 Å². The van der Waals surface area contributed by atoms with Crippen molar-refractivity contribution in [3.63, 3.8) is 0 Å². The zero-order valence-electron chi connectivity index (χ0n) is 12.2. The van der Waals surface area contributed by atoms with E-state index in [1.807, 2.05) is 49.4 Å². The molecule has 1 aromatic heterocycles. The zero-order chi connectivity index (χ0) is 15.1. The number of carbonyl (C=O) groups excluding carboxylic acids is 1. The van der Waals surface area contributed by atoms with E-state index in [1.54, 1.807) is 11.1 Å². The van der Waals surface area contributed by atoms with Crippen molar-refractivity contribution in [1.29, 1.82) is 0 Å². The number of benzene rings is 1. The molecule has 0 aliphatic carbocycles. The molecule has 0 radical (unpaired) electrons. The number of hydrogen-bond acceptors (Lipinski definition) is 3. The van der Waals surface area contributed by atoms with Gasteiger partial charge in [0, 0.05) is 19.3 Å². The summed E-state index contributed by atoms with van der Waals surface area (Å²) in [6.45, 7) is 2.74. The molecule has 2 aromatic rings. The Morgan fingerprint density at radius 3 is 2.62 bits per heavy atom. The Kier molecular flexibility index (Phi) is 5.46. The quantitative estimate of drug-likeness (QED) is 0.882. The monoisotopic (exact) mass is 284 g/mol. The van der Waals surface area contributed by atoms with Crippen LogP contribution in [0.5, 0.6) is 0 Å². The fourth-order valence-electron chi connectivity index (χ4n) is 2.17. The van der Waals surface area contributed by atoms with Crippen molar-refractivity contribution in [3.05, 3.63) is 65.5 Å². The lowest BCUT2D eigenvalue weighted by molar-refractivity contribution is -0.131. The first-order valence-electron chi connectivity index (χ1n) is 7.03. The molecule has 0 spiro atoms. The number of carbonyl (C=O) groups is 1. The molecule has 1 heterocycles. The predicted octanol–water partition coefficient (Wildman–Crippen LogP) is 1.95. The number of aliphatic hydroxyl groups is 1. The molecule has 1 aromatic carbocycles. The van der Waals surface area contributed by atoms with Crippen LogP contribution in [-0.2, 0) is 17.8 Å². The molecule has 0 bridgehead atoms. The van der Waals surface area contributed by atoms with E-state index in [0.717, 1.165) is 16.8 Å². The minimum atomic E-state index is -0.0419. The van der Waals surface area contributed by atoms with Gasteiger partial charge in [-0.1, -0.05) is 36.4 Å². The molecular formula is C17H20N2O2. The molecule has 110 valence electrons. The highest BCUT2D eigenvalue weighted by Crippen LogP contribution is 2.09. The molecule has 21 heavy (non-hydrogen) atoms. The van der Waals surface area contributed by atoms with E-state index in [0.29, 0.717) is 13.1 Å². The first-order chi connectivity index (χ1) is 10.2. The maximum atomic E-state index is 12.4. The molecule has 0 unspecified atom stereocenters. The van der Waals surface area contributed by atoms with Gasteiger partial charge in [-0.05, 0) is 24.1 Å². The lowest BCUT2D eigenvalue weighted by atomic mass is 10.1. The van der Waals surface area contributed by atoms with Crippen LogP contribution in [0.2, 0.25) is 0 Å². The summed E-state index contributed by atoms with van der Waals surface area (Å²) in [7, 11) is 0. The van der Waals surface area contributed by atoms with Crippen LogP contribution in [0.3, 0.4) is 0 Å². The SMILES string of the molecule is Cc1cccnc1CC(=O)N(CCO)Cc1ccccc1. The third kappa shape index (κ3) is 4.39. The van der Waals surface area contributed by atoms with Gasteiger partial charge in [-0.3, -0.25) is 9.78 Å². The molecule has 0 saturated heterocycles. The minimum absolute atomic E-state index is 0.0188. The smallest absolute Gasteiger partial charge is 0.228 e. The molecule has 0 aliphatic heterocycles. The topological polar surface area (TPSA) is 53.4 Å². The van der Waals surface area contributed by atoms with Crippen LogP contribution in [0, 0.1) is 6.92 Å². The average Bonchev–Trinajstić information content (AvgIpc) is 2.50. The minimum Gasteiger partial charge on any atom is -0.395 e. The van der Waals surface area contributed by atoms with Crippen molar-refractivity contribution in [3.8, 4) is 0 Å². The summed E-state index contributed by atoms with van der Waals surface area (Å²) in [5, 5.41) is 9.17. The van der Waals surface area contributed by atoms with Gasteiger partial charge in [0.25, 0.3) is 0 Å². The number of hydrogen-bond donors (Lipinski definition) is 1. The van der Waals surface area contributed by atoms with Crippen molar-refractivity contribution < 1.29 is 9.90 Å². The van der Waals surface area contributed by atoms with E-state index in [4.69, 9.17) is 0 Å². The van der Waals surface area contributed by atoms with Gasteiger partial charge in [0.1, 0.15) is 0 Å². The zero-order valence-corrected chi connectivity index (χ0v) is 12.2. The summed E-state index contributed by atoms with van der Waals surface area (Å²) in [6.07, 6.45) is 1.96.